The Hall–Kier alpha value is -3.66. The van der Waals surface area contributed by atoms with Crippen molar-refractivity contribution in [1.29, 1.82) is 0 Å². The zero-order valence-electron chi connectivity index (χ0n) is 16.0. The number of nitrogens with one attached hydrogen (secondary N) is 2. The number of aryl methyl sites for hydroxylation is 1. The van der Waals surface area contributed by atoms with Gasteiger partial charge in [-0.3, -0.25) is 9.78 Å². The van der Waals surface area contributed by atoms with E-state index in [9.17, 15) is 13.6 Å². The predicted molar refractivity (Wildman–Crippen MR) is 112 cm³/mol. The first-order valence-electron chi connectivity index (χ1n) is 9.36. The highest BCUT2D eigenvalue weighted by Crippen LogP contribution is 2.28. The second-order valence-corrected chi connectivity index (χ2v) is 7.21. The average molecular weight is 442 g/mol. The Morgan fingerprint density at radius 3 is 2.74 bits per heavy atom. The topological polar surface area (TPSA) is 105 Å². The quantitative estimate of drug-likeness (QED) is 0.404. The van der Waals surface area contributed by atoms with Crippen molar-refractivity contribution in [3.63, 3.8) is 0 Å². The second-order valence-electron chi connectivity index (χ2n) is 6.82. The number of hydrogen-bond acceptors (Lipinski definition) is 5. The molecule has 0 spiro atoms. The number of hydrogen-bond donors (Lipinski definition) is 2. The van der Waals surface area contributed by atoms with Crippen LogP contribution in [0, 0.1) is 0 Å². The molecule has 8 nitrogen and oxygen atoms in total. The van der Waals surface area contributed by atoms with Crippen molar-refractivity contribution in [2.24, 2.45) is 0 Å². The van der Waals surface area contributed by atoms with Crippen LogP contribution in [0.1, 0.15) is 19.2 Å². The van der Waals surface area contributed by atoms with Crippen molar-refractivity contribution < 1.29 is 8.78 Å². The standard InChI is InChI=1S/C20H14ClF2N7O/c1-2-11-17-14(8-15(21)25-11)26-18(28-17)10-7-9-12(27-19(10)31)3-5-24-16(9)13-4-6-30(29-13)20(22)23/h3-8,20H,2H2,1H3,(H,26,28)(H,27,31). The Kier molecular flexibility index (Phi) is 4.51. The van der Waals surface area contributed by atoms with Crippen molar-refractivity contribution in [1.82, 2.24) is 34.7 Å². The van der Waals surface area contributed by atoms with Crippen LogP contribution >= 0.6 is 11.6 Å². The van der Waals surface area contributed by atoms with Gasteiger partial charge in [-0.2, -0.15) is 13.9 Å². The Balaban J connectivity index is 1.72. The van der Waals surface area contributed by atoms with Crippen LogP contribution in [0.3, 0.4) is 0 Å². The van der Waals surface area contributed by atoms with E-state index in [0.717, 1.165) is 0 Å². The number of halogens is 3. The molecule has 5 heterocycles. The number of nitrogens with zero attached hydrogens (tertiary/aromatic N) is 5. The van der Waals surface area contributed by atoms with Gasteiger partial charge in [-0.1, -0.05) is 18.5 Å². The second kappa shape index (κ2) is 7.24. The van der Waals surface area contributed by atoms with Gasteiger partial charge in [-0.05, 0) is 24.6 Å². The SMILES string of the molecule is CCc1nc(Cl)cc2[nH]c(-c3cc4c(-c5ccn(C(F)F)n5)nccc4[nH]c3=O)nc12. The molecule has 11 heteroatoms. The van der Waals surface area contributed by atoms with Crippen molar-refractivity contribution in [3.05, 3.63) is 57.9 Å². The van der Waals surface area contributed by atoms with Gasteiger partial charge in [0.15, 0.2) is 0 Å². The summed E-state index contributed by atoms with van der Waals surface area (Å²) in [5.41, 5.74) is 3.03. The maximum Gasteiger partial charge on any atom is 0.333 e. The lowest BCUT2D eigenvalue weighted by Crippen LogP contribution is -2.10. The minimum absolute atomic E-state index is 0.262. The smallest absolute Gasteiger partial charge is 0.333 e. The van der Waals surface area contributed by atoms with Gasteiger partial charge < -0.3 is 9.97 Å². The lowest BCUT2D eigenvalue weighted by Gasteiger charge is -2.05. The first-order chi connectivity index (χ1) is 14.9. The van der Waals surface area contributed by atoms with Gasteiger partial charge in [-0.25, -0.2) is 14.6 Å². The van der Waals surface area contributed by atoms with Crippen LogP contribution in [-0.2, 0) is 6.42 Å². The number of H-pyrrole nitrogens is 2. The summed E-state index contributed by atoms with van der Waals surface area (Å²) in [4.78, 5) is 31.8. The van der Waals surface area contributed by atoms with Crippen molar-refractivity contribution in [3.8, 4) is 22.8 Å². The molecular weight excluding hydrogens is 428 g/mol. The highest BCUT2D eigenvalue weighted by molar-refractivity contribution is 6.30. The number of rotatable bonds is 4. The average Bonchev–Trinajstić information content (AvgIpc) is 3.39. The molecule has 0 atom stereocenters. The van der Waals surface area contributed by atoms with Gasteiger partial charge in [0.05, 0.1) is 28.0 Å². The van der Waals surface area contributed by atoms with E-state index in [1.54, 1.807) is 18.2 Å². The molecule has 0 unspecified atom stereocenters. The minimum Gasteiger partial charge on any atom is -0.338 e. The number of aromatic amines is 2. The van der Waals surface area contributed by atoms with E-state index >= 15 is 0 Å². The first-order valence-corrected chi connectivity index (χ1v) is 9.73. The summed E-state index contributed by atoms with van der Waals surface area (Å²) in [6, 6.07) is 6.34. The molecule has 2 N–H and O–H groups in total. The van der Waals surface area contributed by atoms with E-state index in [0.29, 0.717) is 55.4 Å². The maximum atomic E-state index is 12.9. The molecule has 0 aliphatic carbocycles. The van der Waals surface area contributed by atoms with E-state index < -0.39 is 6.55 Å². The number of alkyl halides is 2. The third kappa shape index (κ3) is 3.25. The summed E-state index contributed by atoms with van der Waals surface area (Å²) in [5.74, 6) is 0.338. The maximum absolute atomic E-state index is 12.9. The lowest BCUT2D eigenvalue weighted by molar-refractivity contribution is 0.0568. The van der Waals surface area contributed by atoms with E-state index in [4.69, 9.17) is 11.6 Å². The van der Waals surface area contributed by atoms with E-state index in [1.807, 2.05) is 6.92 Å². The summed E-state index contributed by atoms with van der Waals surface area (Å²) < 4.78 is 26.4. The van der Waals surface area contributed by atoms with Crippen molar-refractivity contribution >= 4 is 33.5 Å². The van der Waals surface area contributed by atoms with Gasteiger partial charge in [0, 0.05) is 23.8 Å². The summed E-state index contributed by atoms with van der Waals surface area (Å²) in [6.07, 6.45) is 3.28. The van der Waals surface area contributed by atoms with Crippen LogP contribution in [0.5, 0.6) is 0 Å². The molecule has 5 aromatic rings. The zero-order chi connectivity index (χ0) is 21.7. The van der Waals surface area contributed by atoms with Gasteiger partial charge in [0.1, 0.15) is 22.2 Å². The molecule has 0 saturated heterocycles. The predicted octanol–water partition coefficient (Wildman–Crippen LogP) is 4.34. The highest BCUT2D eigenvalue weighted by atomic mass is 35.5. The van der Waals surface area contributed by atoms with E-state index in [1.165, 1.54) is 18.5 Å². The third-order valence-electron chi connectivity index (χ3n) is 4.92. The molecule has 0 aromatic carbocycles. The third-order valence-corrected chi connectivity index (χ3v) is 5.12. The largest absolute Gasteiger partial charge is 0.338 e. The fraction of sp³-hybridized carbons (Fsp3) is 0.150. The highest BCUT2D eigenvalue weighted by Gasteiger charge is 2.17. The molecule has 0 aliphatic heterocycles. The zero-order valence-corrected chi connectivity index (χ0v) is 16.8. The molecule has 0 saturated carbocycles. The van der Waals surface area contributed by atoms with E-state index in [2.05, 4.69) is 30.0 Å². The molecule has 5 rings (SSSR count). The van der Waals surface area contributed by atoms with Crippen molar-refractivity contribution in [2.45, 2.75) is 19.9 Å². The summed E-state index contributed by atoms with van der Waals surface area (Å²) in [7, 11) is 0. The molecule has 0 amide bonds. The Morgan fingerprint density at radius 1 is 1.16 bits per heavy atom. The number of fused-ring (bicyclic) bond motifs is 2. The van der Waals surface area contributed by atoms with Crippen LogP contribution < -0.4 is 5.56 Å². The fourth-order valence-electron chi connectivity index (χ4n) is 3.50. The van der Waals surface area contributed by atoms with Gasteiger partial charge in [-0.15, -0.1) is 0 Å². The monoisotopic (exact) mass is 441 g/mol. The summed E-state index contributed by atoms with van der Waals surface area (Å²) >= 11 is 6.08. The number of aromatic nitrogens is 7. The fourth-order valence-corrected chi connectivity index (χ4v) is 3.71. The first kappa shape index (κ1) is 19.3. The van der Waals surface area contributed by atoms with Crippen LogP contribution in [0.15, 0.2) is 41.5 Å². The molecular formula is C20H14ClF2N7O. The molecule has 5 aromatic heterocycles. The van der Waals surface area contributed by atoms with Crippen LogP contribution in [0.25, 0.3) is 44.7 Å². The normalized spacial score (nSPS) is 11.8. The summed E-state index contributed by atoms with van der Waals surface area (Å²) in [6.45, 7) is -0.825. The van der Waals surface area contributed by atoms with Crippen LogP contribution in [0.4, 0.5) is 8.78 Å². The Bertz CT molecular complexity index is 1510. The molecule has 0 aliphatic rings. The minimum atomic E-state index is -2.76. The van der Waals surface area contributed by atoms with Crippen LogP contribution in [0.2, 0.25) is 5.15 Å². The molecule has 0 radical (unpaired) electrons. The van der Waals surface area contributed by atoms with Crippen molar-refractivity contribution in [2.75, 3.05) is 0 Å². The summed E-state index contributed by atoms with van der Waals surface area (Å²) in [5, 5.41) is 4.76. The molecule has 156 valence electrons. The van der Waals surface area contributed by atoms with Crippen LogP contribution in [-0.4, -0.2) is 34.7 Å². The Morgan fingerprint density at radius 2 is 2.00 bits per heavy atom. The van der Waals surface area contributed by atoms with Gasteiger partial charge >= 0.3 is 6.55 Å². The molecule has 31 heavy (non-hydrogen) atoms. The Labute approximate surface area is 177 Å². The molecule has 0 fully saturated rings. The number of imidazole rings is 1. The van der Waals surface area contributed by atoms with E-state index in [-0.39, 0.29) is 16.8 Å². The molecule has 0 bridgehead atoms. The van der Waals surface area contributed by atoms with Gasteiger partial charge in [0.2, 0.25) is 0 Å². The number of pyridine rings is 3. The van der Waals surface area contributed by atoms with Gasteiger partial charge in [0.25, 0.3) is 5.56 Å². The lowest BCUT2D eigenvalue weighted by atomic mass is 10.1.